The molecule has 0 aliphatic carbocycles. The minimum atomic E-state index is -2.87. The van der Waals surface area contributed by atoms with Crippen LogP contribution in [0.1, 0.15) is 22.6 Å². The van der Waals surface area contributed by atoms with Gasteiger partial charge in [-0.1, -0.05) is 30.3 Å². The maximum Gasteiger partial charge on any atom is 0.387 e. The number of rotatable bonds is 6. The van der Waals surface area contributed by atoms with Gasteiger partial charge in [0, 0.05) is 11.1 Å². The molecule has 0 saturated carbocycles. The number of hydrogen-bond acceptors (Lipinski definition) is 2. The Morgan fingerprint density at radius 2 is 1.85 bits per heavy atom. The van der Waals surface area contributed by atoms with Gasteiger partial charge >= 0.3 is 6.61 Å². The number of alkyl halides is 2. The van der Waals surface area contributed by atoms with Crippen molar-refractivity contribution in [1.29, 1.82) is 0 Å². The highest BCUT2D eigenvalue weighted by molar-refractivity contribution is 5.95. The molecule has 1 aliphatic rings. The molecule has 2 aromatic carbocycles. The first-order chi connectivity index (χ1) is 13.1. The van der Waals surface area contributed by atoms with Crippen molar-refractivity contribution in [2.75, 3.05) is 0 Å². The van der Waals surface area contributed by atoms with Crippen LogP contribution in [0.15, 0.2) is 60.8 Å². The number of halogens is 2. The highest BCUT2D eigenvalue weighted by atomic mass is 19.3. The minimum absolute atomic E-state index is 0.0466. The summed E-state index contributed by atoms with van der Waals surface area (Å²) in [5.41, 5.74) is 2.71. The fourth-order valence-electron chi connectivity index (χ4n) is 3.55. The van der Waals surface area contributed by atoms with E-state index in [4.69, 9.17) is 0 Å². The van der Waals surface area contributed by atoms with Gasteiger partial charge in [-0.3, -0.25) is 4.79 Å². The number of fused-ring (bicyclic) bond motifs is 1. The van der Waals surface area contributed by atoms with Crippen molar-refractivity contribution >= 4 is 5.78 Å². The van der Waals surface area contributed by atoms with Crippen LogP contribution in [0.4, 0.5) is 8.78 Å². The lowest BCUT2D eigenvalue weighted by molar-refractivity contribution is -0.689. The average molecular weight is 369 g/mol. The van der Waals surface area contributed by atoms with Gasteiger partial charge in [-0.25, -0.2) is 9.13 Å². The second-order valence-corrected chi connectivity index (χ2v) is 6.51. The van der Waals surface area contributed by atoms with Crippen molar-refractivity contribution < 1.29 is 22.9 Å². The normalized spacial score (nSPS) is 13.0. The Hall–Kier alpha value is -3.02. The molecule has 2 heterocycles. The second kappa shape index (κ2) is 7.31. The van der Waals surface area contributed by atoms with E-state index in [1.54, 1.807) is 0 Å². The first-order valence-electron chi connectivity index (χ1n) is 8.87. The number of imidazole rings is 1. The number of carbonyl (C=O) groups excluding carboxylic acids is 1. The van der Waals surface area contributed by atoms with Gasteiger partial charge in [0.1, 0.15) is 11.9 Å². The largest absolute Gasteiger partial charge is 0.435 e. The number of ether oxygens (including phenoxy) is 1. The van der Waals surface area contributed by atoms with Crippen molar-refractivity contribution in [3.63, 3.8) is 0 Å². The summed E-state index contributed by atoms with van der Waals surface area (Å²) in [6, 6.07) is 15.9. The third kappa shape index (κ3) is 3.60. The quantitative estimate of drug-likeness (QED) is 0.488. The molecule has 0 amide bonds. The molecule has 0 atom stereocenters. The number of aromatic nitrogens is 2. The van der Waals surface area contributed by atoms with E-state index in [-0.39, 0.29) is 18.1 Å². The molecule has 1 aromatic heterocycles. The maximum atomic E-state index is 12.7. The van der Waals surface area contributed by atoms with Crippen LogP contribution in [0.3, 0.4) is 0 Å². The smallest absolute Gasteiger partial charge is 0.387 e. The van der Waals surface area contributed by atoms with Gasteiger partial charge < -0.3 is 4.74 Å². The number of benzene rings is 2. The summed E-state index contributed by atoms with van der Waals surface area (Å²) in [4.78, 5) is 12.7. The fraction of sp³-hybridized carbons (Fsp3) is 0.238. The van der Waals surface area contributed by atoms with Gasteiger partial charge in [0.25, 0.3) is 5.82 Å². The molecule has 0 fully saturated rings. The van der Waals surface area contributed by atoms with E-state index in [0.717, 1.165) is 36.5 Å². The standard InChI is InChI=1S/C21H19F2N2O2/c22-21(23)27-17-10-8-16(9-11-17)19(26)14-24-13-18(15-5-2-1-3-6-15)25-12-4-7-20(24)25/h1-3,5-6,8-11,13,21H,4,7,12,14H2/q+1. The van der Waals surface area contributed by atoms with E-state index >= 15 is 0 Å². The van der Waals surface area contributed by atoms with Gasteiger partial charge in [0.15, 0.2) is 12.2 Å². The Kier molecular flexibility index (Phi) is 4.71. The second-order valence-electron chi connectivity index (χ2n) is 6.51. The molecule has 6 heteroatoms. The number of ketones is 1. The van der Waals surface area contributed by atoms with Gasteiger partial charge in [-0.2, -0.15) is 8.78 Å². The third-order valence-electron chi connectivity index (χ3n) is 4.78. The van der Waals surface area contributed by atoms with Gasteiger partial charge in [0.2, 0.25) is 5.78 Å². The van der Waals surface area contributed by atoms with Crippen molar-refractivity contribution in [1.82, 2.24) is 4.57 Å². The minimum Gasteiger partial charge on any atom is -0.435 e. The van der Waals surface area contributed by atoms with Gasteiger partial charge in [-0.15, -0.1) is 0 Å². The highest BCUT2D eigenvalue weighted by Gasteiger charge is 2.29. The Morgan fingerprint density at radius 1 is 1.11 bits per heavy atom. The Morgan fingerprint density at radius 3 is 2.56 bits per heavy atom. The molecule has 0 bridgehead atoms. The van der Waals surface area contributed by atoms with Gasteiger partial charge in [-0.05, 0) is 30.7 Å². The fourth-order valence-corrected chi connectivity index (χ4v) is 3.55. The average Bonchev–Trinajstić information content (AvgIpc) is 3.26. The molecule has 138 valence electrons. The van der Waals surface area contributed by atoms with Gasteiger partial charge in [0.05, 0.1) is 13.0 Å². The SMILES string of the molecule is O=C(C[n+]1cc(-c2ccccc2)n2c1CCC2)c1ccc(OC(F)F)cc1. The maximum absolute atomic E-state index is 12.7. The van der Waals surface area contributed by atoms with Crippen LogP contribution in [0.2, 0.25) is 0 Å². The van der Waals surface area contributed by atoms with E-state index in [0.29, 0.717) is 5.56 Å². The summed E-state index contributed by atoms with van der Waals surface area (Å²) < 4.78 is 33.1. The third-order valence-corrected chi connectivity index (χ3v) is 4.78. The van der Waals surface area contributed by atoms with Crippen LogP contribution < -0.4 is 9.30 Å². The molecule has 4 rings (SSSR count). The Balaban J connectivity index is 1.57. The molecule has 0 radical (unpaired) electrons. The van der Waals surface area contributed by atoms with Crippen molar-refractivity contribution in [2.45, 2.75) is 32.5 Å². The van der Waals surface area contributed by atoms with Crippen molar-refractivity contribution in [3.05, 3.63) is 72.2 Å². The molecule has 1 aliphatic heterocycles. The summed E-state index contributed by atoms with van der Waals surface area (Å²) in [5.74, 6) is 1.12. The lowest BCUT2D eigenvalue weighted by atomic mass is 10.1. The summed E-state index contributed by atoms with van der Waals surface area (Å²) in [6.45, 7) is -1.71. The summed E-state index contributed by atoms with van der Waals surface area (Å²) in [5, 5.41) is 0. The van der Waals surface area contributed by atoms with Crippen LogP contribution in [0.25, 0.3) is 11.3 Å². The lowest BCUT2D eigenvalue weighted by Gasteiger charge is -2.05. The van der Waals surface area contributed by atoms with Crippen LogP contribution >= 0.6 is 0 Å². The molecule has 27 heavy (non-hydrogen) atoms. The lowest BCUT2D eigenvalue weighted by Crippen LogP contribution is -2.40. The zero-order valence-corrected chi connectivity index (χ0v) is 14.6. The van der Waals surface area contributed by atoms with E-state index in [1.807, 2.05) is 29.0 Å². The summed E-state index contributed by atoms with van der Waals surface area (Å²) >= 11 is 0. The molecule has 0 saturated heterocycles. The predicted molar refractivity (Wildman–Crippen MR) is 95.8 cm³/mol. The van der Waals surface area contributed by atoms with E-state index < -0.39 is 6.61 Å². The molecule has 0 unspecified atom stereocenters. The first-order valence-corrected chi connectivity index (χ1v) is 8.87. The molecule has 4 nitrogen and oxygen atoms in total. The zero-order valence-electron chi connectivity index (χ0n) is 14.6. The van der Waals surface area contributed by atoms with Crippen molar-refractivity contribution in [3.8, 4) is 17.0 Å². The number of Topliss-reactive ketones (excluding diaryl/α,β-unsaturated/α-hetero) is 1. The molecular formula is C21H19F2N2O2+. The van der Waals surface area contributed by atoms with Crippen LogP contribution in [-0.2, 0) is 19.5 Å². The van der Waals surface area contributed by atoms with Crippen LogP contribution in [-0.4, -0.2) is 17.0 Å². The number of nitrogens with zero attached hydrogens (tertiary/aromatic N) is 2. The monoisotopic (exact) mass is 369 g/mol. The topological polar surface area (TPSA) is 35.1 Å². The van der Waals surface area contributed by atoms with E-state index in [1.165, 1.54) is 24.3 Å². The van der Waals surface area contributed by atoms with Crippen LogP contribution in [0.5, 0.6) is 5.75 Å². The van der Waals surface area contributed by atoms with Crippen molar-refractivity contribution in [2.24, 2.45) is 0 Å². The Bertz CT molecular complexity index is 950. The molecule has 3 aromatic rings. The zero-order chi connectivity index (χ0) is 18.8. The molecule has 0 N–H and O–H groups in total. The van der Waals surface area contributed by atoms with E-state index in [2.05, 4.69) is 21.4 Å². The first kappa shape index (κ1) is 17.4. The van der Waals surface area contributed by atoms with E-state index in [9.17, 15) is 13.6 Å². The summed E-state index contributed by atoms with van der Waals surface area (Å²) in [7, 11) is 0. The highest BCUT2D eigenvalue weighted by Crippen LogP contribution is 2.24. The summed E-state index contributed by atoms with van der Waals surface area (Å²) in [6.07, 6.45) is 4.02. The van der Waals surface area contributed by atoms with Crippen LogP contribution in [0, 0.1) is 0 Å². The number of carbonyl (C=O) groups is 1. The number of hydrogen-bond donors (Lipinski definition) is 0. The Labute approximate surface area is 155 Å². The molecule has 0 spiro atoms. The molecular weight excluding hydrogens is 350 g/mol. The predicted octanol–water partition coefficient (Wildman–Crippen LogP) is 3.87.